The van der Waals surface area contributed by atoms with E-state index >= 15 is 0 Å². The lowest BCUT2D eigenvalue weighted by molar-refractivity contribution is 0.272. The summed E-state index contributed by atoms with van der Waals surface area (Å²) < 4.78 is 0. The molecule has 0 spiro atoms. The van der Waals surface area contributed by atoms with Gasteiger partial charge in [0, 0.05) is 10.0 Å². The van der Waals surface area contributed by atoms with Crippen molar-refractivity contribution < 1.29 is 0 Å². The Morgan fingerprint density at radius 3 is 1.10 bits per heavy atom. The Morgan fingerprint density at radius 2 is 0.740 bits per heavy atom. The molecule has 0 fully saturated rings. The van der Waals surface area contributed by atoms with Crippen LogP contribution in [0.3, 0.4) is 0 Å². The zero-order valence-electron chi connectivity index (χ0n) is 27.3. The molecule has 0 aliphatic heterocycles. The topological polar surface area (TPSA) is 31.2 Å². The Balaban J connectivity index is 0.000000194. The Morgan fingerprint density at radius 1 is 0.380 bits per heavy atom. The molecule has 6 rings (SSSR count). The van der Waals surface area contributed by atoms with Crippen molar-refractivity contribution in [1.29, 1.82) is 0 Å². The normalized spacial score (nSPS) is 11.0. The van der Waals surface area contributed by atoms with Gasteiger partial charge in [-0.05, 0) is 63.7 Å². The van der Waals surface area contributed by atoms with Crippen LogP contribution in [-0.4, -0.2) is 22.4 Å². The highest BCUT2D eigenvalue weighted by Gasteiger charge is 2.06. The third kappa shape index (κ3) is 12.7. The summed E-state index contributed by atoms with van der Waals surface area (Å²) >= 11 is 24.2. The maximum atomic E-state index is 6.08. The first kappa shape index (κ1) is 36.7. The van der Waals surface area contributed by atoms with E-state index in [1.165, 1.54) is 22.3 Å². The van der Waals surface area contributed by atoms with Gasteiger partial charge in [-0.15, -0.1) is 0 Å². The molecule has 0 bridgehead atoms. The van der Waals surface area contributed by atoms with Gasteiger partial charge in [-0.1, -0.05) is 174 Å². The van der Waals surface area contributed by atoms with E-state index in [1.807, 2.05) is 113 Å². The first-order valence-corrected chi connectivity index (χ1v) is 17.6. The predicted octanol–water partition coefficient (Wildman–Crippen LogP) is 12.1. The van der Waals surface area contributed by atoms with Gasteiger partial charge in [-0.3, -0.25) is 10.0 Å². The molecule has 0 unspecified atom stereocenters. The summed E-state index contributed by atoms with van der Waals surface area (Å²) in [5.41, 5.74) is 6.64. The molecule has 0 aromatic heterocycles. The largest absolute Gasteiger partial charge is 0.288 e. The second-order valence-electron chi connectivity index (χ2n) is 11.5. The molecule has 0 saturated heterocycles. The molecule has 50 heavy (non-hydrogen) atoms. The zero-order chi connectivity index (χ0) is 35.0. The Hall–Kier alpha value is -4.58. The fraction of sp³-hybridized carbons (Fsp3) is 0.0952. The minimum absolute atomic E-state index is 0.531. The van der Waals surface area contributed by atoms with Gasteiger partial charge < -0.3 is 0 Å². The van der Waals surface area contributed by atoms with Crippen molar-refractivity contribution in [3.63, 3.8) is 0 Å². The molecule has 0 amide bonds. The minimum Gasteiger partial charge on any atom is -0.288 e. The lowest BCUT2D eigenvalue weighted by atomic mass is 10.2. The second kappa shape index (κ2) is 19.6. The SMILES string of the molecule is Clc1cc(Cl)cc(C=NN(Cc2ccccc2)Cc2ccccc2)c1.Clc1ccc(C=NN(Cc2ccccc2)Cc2ccccc2)cc1Cl. The van der Waals surface area contributed by atoms with Crippen molar-refractivity contribution in [3.05, 3.63) is 211 Å². The van der Waals surface area contributed by atoms with E-state index in [4.69, 9.17) is 46.4 Å². The predicted molar refractivity (Wildman–Crippen MR) is 212 cm³/mol. The summed E-state index contributed by atoms with van der Waals surface area (Å²) in [6, 6.07) is 52.1. The van der Waals surface area contributed by atoms with Crippen LogP contribution in [0.1, 0.15) is 33.4 Å². The number of hydrazone groups is 2. The van der Waals surface area contributed by atoms with Gasteiger partial charge in [0.25, 0.3) is 0 Å². The molecule has 6 aromatic carbocycles. The number of nitrogens with zero attached hydrogens (tertiary/aromatic N) is 4. The van der Waals surface area contributed by atoms with Gasteiger partial charge in [-0.2, -0.15) is 10.2 Å². The van der Waals surface area contributed by atoms with Crippen molar-refractivity contribution >= 4 is 58.8 Å². The molecule has 0 N–H and O–H groups in total. The molecule has 0 aliphatic rings. The molecule has 6 aromatic rings. The maximum Gasteiger partial charge on any atom is 0.0614 e. The molecule has 8 heteroatoms. The highest BCUT2D eigenvalue weighted by Crippen LogP contribution is 2.22. The van der Waals surface area contributed by atoms with Crippen LogP contribution in [0.25, 0.3) is 0 Å². The number of rotatable bonds is 12. The average Bonchev–Trinajstić information content (AvgIpc) is 3.13. The van der Waals surface area contributed by atoms with Crippen LogP contribution in [0.2, 0.25) is 20.1 Å². The Kier molecular flexibility index (Phi) is 14.4. The van der Waals surface area contributed by atoms with E-state index in [2.05, 4.69) is 58.7 Å². The van der Waals surface area contributed by atoms with Crippen LogP contribution in [0.4, 0.5) is 0 Å². The maximum absolute atomic E-state index is 6.08. The number of halogens is 4. The van der Waals surface area contributed by atoms with Crippen molar-refractivity contribution in [1.82, 2.24) is 10.0 Å². The van der Waals surface area contributed by atoms with E-state index in [0.29, 0.717) is 20.1 Å². The zero-order valence-corrected chi connectivity index (χ0v) is 30.3. The first-order chi connectivity index (χ1) is 24.4. The van der Waals surface area contributed by atoms with Gasteiger partial charge in [-0.25, -0.2) is 0 Å². The molecule has 0 aliphatic carbocycles. The molecule has 252 valence electrons. The van der Waals surface area contributed by atoms with E-state index in [-0.39, 0.29) is 0 Å². The first-order valence-electron chi connectivity index (χ1n) is 16.0. The minimum atomic E-state index is 0.531. The summed E-state index contributed by atoms with van der Waals surface area (Å²) in [6.45, 7) is 2.90. The number of hydrogen-bond acceptors (Lipinski definition) is 4. The Bertz CT molecular complexity index is 1850. The third-order valence-electron chi connectivity index (χ3n) is 7.40. The van der Waals surface area contributed by atoms with Crippen LogP contribution >= 0.6 is 46.4 Å². The molecule has 4 nitrogen and oxygen atoms in total. The lowest BCUT2D eigenvalue weighted by Crippen LogP contribution is -2.17. The molecule has 0 radical (unpaired) electrons. The van der Waals surface area contributed by atoms with Crippen LogP contribution in [0.15, 0.2) is 168 Å². The van der Waals surface area contributed by atoms with Crippen LogP contribution in [-0.2, 0) is 26.2 Å². The molecular weight excluding hydrogens is 702 g/mol. The van der Waals surface area contributed by atoms with Crippen molar-refractivity contribution in [2.24, 2.45) is 10.2 Å². The van der Waals surface area contributed by atoms with E-state index < -0.39 is 0 Å². The number of benzene rings is 6. The summed E-state index contributed by atoms with van der Waals surface area (Å²) in [4.78, 5) is 0. The quantitative estimate of drug-likeness (QED) is 0.0925. The Labute approximate surface area is 314 Å². The molecule has 0 heterocycles. The smallest absolute Gasteiger partial charge is 0.0614 e. The van der Waals surface area contributed by atoms with Gasteiger partial charge in [0.2, 0.25) is 0 Å². The van der Waals surface area contributed by atoms with Crippen molar-refractivity contribution in [2.45, 2.75) is 26.2 Å². The summed E-state index contributed by atoms with van der Waals surface area (Å²) in [6.07, 6.45) is 3.61. The molecule has 0 saturated carbocycles. The van der Waals surface area contributed by atoms with Gasteiger partial charge in [0.1, 0.15) is 0 Å². The van der Waals surface area contributed by atoms with Crippen LogP contribution in [0, 0.1) is 0 Å². The highest BCUT2D eigenvalue weighted by molar-refractivity contribution is 6.42. The highest BCUT2D eigenvalue weighted by atomic mass is 35.5. The van der Waals surface area contributed by atoms with Crippen molar-refractivity contribution in [2.75, 3.05) is 0 Å². The fourth-order valence-electron chi connectivity index (χ4n) is 4.99. The fourth-order valence-corrected chi connectivity index (χ4v) is 5.84. The standard InChI is InChI=1S/2C21H18Cl2N2/c22-20-11-19(12-21(23)13-20)14-24-25(15-17-7-3-1-4-8-17)16-18-9-5-2-6-10-18;22-20-12-11-19(13-21(20)23)14-24-25(15-17-7-3-1-4-8-17)16-18-9-5-2-6-10-18/h2*1-14H,15-16H2. The van der Waals surface area contributed by atoms with Gasteiger partial charge in [0.15, 0.2) is 0 Å². The molecular formula is C42H36Cl4N4. The van der Waals surface area contributed by atoms with E-state index in [1.54, 1.807) is 18.3 Å². The van der Waals surface area contributed by atoms with Gasteiger partial charge in [0.05, 0.1) is 48.7 Å². The van der Waals surface area contributed by atoms with Crippen LogP contribution in [0.5, 0.6) is 0 Å². The average molecular weight is 739 g/mol. The van der Waals surface area contributed by atoms with E-state index in [0.717, 1.165) is 37.3 Å². The number of hydrogen-bond donors (Lipinski definition) is 0. The summed E-state index contributed by atoms with van der Waals surface area (Å²) in [5, 5.41) is 15.7. The third-order valence-corrected chi connectivity index (χ3v) is 8.58. The van der Waals surface area contributed by atoms with Gasteiger partial charge >= 0.3 is 0 Å². The van der Waals surface area contributed by atoms with E-state index in [9.17, 15) is 0 Å². The second-order valence-corrected chi connectivity index (χ2v) is 13.1. The van der Waals surface area contributed by atoms with Crippen LogP contribution < -0.4 is 0 Å². The summed E-state index contributed by atoms with van der Waals surface area (Å²) in [5.74, 6) is 0. The lowest BCUT2D eigenvalue weighted by Gasteiger charge is -2.19. The molecule has 0 atom stereocenters. The van der Waals surface area contributed by atoms with Crippen molar-refractivity contribution in [3.8, 4) is 0 Å². The monoisotopic (exact) mass is 736 g/mol. The summed E-state index contributed by atoms with van der Waals surface area (Å²) in [7, 11) is 0.